The smallest absolute Gasteiger partial charge is 0.277 e. The summed E-state index contributed by atoms with van der Waals surface area (Å²) in [6, 6.07) is 5.98. The molecule has 1 amide bonds. The lowest BCUT2D eigenvalue weighted by molar-refractivity contribution is 0.101. The number of amides is 1. The maximum atomic E-state index is 12.3. The number of aromatic nitrogens is 3. The van der Waals surface area contributed by atoms with Crippen LogP contribution < -0.4 is 5.32 Å². The highest BCUT2D eigenvalue weighted by Gasteiger charge is 2.19. The zero-order chi connectivity index (χ0) is 15.1. The highest BCUT2D eigenvalue weighted by Crippen LogP contribution is 2.28. The van der Waals surface area contributed by atoms with Gasteiger partial charge in [0.2, 0.25) is 0 Å². The number of thiazole rings is 1. The van der Waals surface area contributed by atoms with E-state index in [9.17, 15) is 4.79 Å². The summed E-state index contributed by atoms with van der Waals surface area (Å²) < 4.78 is 2.52. The Labute approximate surface area is 130 Å². The second kappa shape index (κ2) is 5.13. The van der Waals surface area contributed by atoms with Crippen LogP contribution in [0.3, 0.4) is 0 Å². The van der Waals surface area contributed by atoms with Gasteiger partial charge in [-0.05, 0) is 31.5 Å². The minimum Gasteiger partial charge on any atom is -0.296 e. The SMILES string of the molecule is Cc1ccc2nc(NC(=O)c3c(Cl)c(C)nn3C)sc2c1. The fourth-order valence-corrected chi connectivity index (χ4v) is 3.33. The summed E-state index contributed by atoms with van der Waals surface area (Å²) in [4.78, 5) is 16.7. The van der Waals surface area contributed by atoms with Crippen molar-refractivity contribution >= 4 is 44.2 Å². The monoisotopic (exact) mass is 320 g/mol. The van der Waals surface area contributed by atoms with Crippen molar-refractivity contribution < 1.29 is 4.79 Å². The van der Waals surface area contributed by atoms with Crippen LogP contribution in [0.15, 0.2) is 18.2 Å². The summed E-state index contributed by atoms with van der Waals surface area (Å²) in [6.07, 6.45) is 0. The van der Waals surface area contributed by atoms with E-state index in [1.807, 2.05) is 25.1 Å². The predicted molar refractivity (Wildman–Crippen MR) is 85.3 cm³/mol. The van der Waals surface area contributed by atoms with Gasteiger partial charge in [0.1, 0.15) is 5.69 Å². The molecule has 0 saturated carbocycles. The van der Waals surface area contributed by atoms with Crippen LogP contribution in [0.2, 0.25) is 5.02 Å². The number of halogens is 1. The molecular weight excluding hydrogens is 308 g/mol. The van der Waals surface area contributed by atoms with Crippen molar-refractivity contribution in [2.45, 2.75) is 13.8 Å². The van der Waals surface area contributed by atoms with Crippen LogP contribution in [0.1, 0.15) is 21.7 Å². The fraction of sp³-hybridized carbons (Fsp3) is 0.214. The molecule has 0 unspecified atom stereocenters. The number of nitrogens with zero attached hydrogens (tertiary/aromatic N) is 3. The molecule has 0 aliphatic carbocycles. The van der Waals surface area contributed by atoms with E-state index in [2.05, 4.69) is 15.4 Å². The number of aryl methyl sites for hydroxylation is 3. The molecule has 0 atom stereocenters. The average Bonchev–Trinajstić information content (AvgIpc) is 2.90. The quantitative estimate of drug-likeness (QED) is 0.785. The van der Waals surface area contributed by atoms with Crippen molar-refractivity contribution in [3.8, 4) is 0 Å². The van der Waals surface area contributed by atoms with E-state index in [0.29, 0.717) is 21.5 Å². The summed E-state index contributed by atoms with van der Waals surface area (Å²) in [5.74, 6) is -0.307. The molecule has 1 N–H and O–H groups in total. The number of rotatable bonds is 2. The molecule has 0 fully saturated rings. The molecule has 2 aromatic heterocycles. The zero-order valence-corrected chi connectivity index (χ0v) is 13.3. The maximum Gasteiger partial charge on any atom is 0.277 e. The molecule has 3 rings (SSSR count). The lowest BCUT2D eigenvalue weighted by Gasteiger charge is -2.02. The van der Waals surface area contributed by atoms with Crippen molar-refractivity contribution in [1.29, 1.82) is 0 Å². The summed E-state index contributed by atoms with van der Waals surface area (Å²) in [5, 5.41) is 7.84. The molecule has 0 saturated heterocycles. The zero-order valence-electron chi connectivity index (χ0n) is 11.8. The van der Waals surface area contributed by atoms with Gasteiger partial charge in [-0.15, -0.1) is 0 Å². The van der Waals surface area contributed by atoms with Gasteiger partial charge in [-0.25, -0.2) is 4.98 Å². The van der Waals surface area contributed by atoms with E-state index < -0.39 is 0 Å². The van der Waals surface area contributed by atoms with E-state index in [1.54, 1.807) is 14.0 Å². The van der Waals surface area contributed by atoms with E-state index in [-0.39, 0.29) is 5.91 Å². The van der Waals surface area contributed by atoms with Crippen molar-refractivity contribution in [3.63, 3.8) is 0 Å². The highest BCUT2D eigenvalue weighted by atomic mass is 35.5. The Balaban J connectivity index is 1.92. The number of fused-ring (bicyclic) bond motifs is 1. The average molecular weight is 321 g/mol. The van der Waals surface area contributed by atoms with Crippen LogP contribution >= 0.6 is 22.9 Å². The Morgan fingerprint density at radius 1 is 1.38 bits per heavy atom. The first-order valence-corrected chi connectivity index (χ1v) is 7.53. The lowest BCUT2D eigenvalue weighted by atomic mass is 10.2. The minimum absolute atomic E-state index is 0.307. The van der Waals surface area contributed by atoms with Gasteiger partial charge in [-0.2, -0.15) is 5.10 Å². The summed E-state index contributed by atoms with van der Waals surface area (Å²) in [6.45, 7) is 3.79. The minimum atomic E-state index is -0.307. The molecule has 2 heterocycles. The number of benzene rings is 1. The van der Waals surface area contributed by atoms with Gasteiger partial charge in [0.15, 0.2) is 5.13 Å². The first kappa shape index (κ1) is 14.0. The Morgan fingerprint density at radius 2 is 2.14 bits per heavy atom. The van der Waals surface area contributed by atoms with Crippen molar-refractivity contribution in [2.75, 3.05) is 5.32 Å². The largest absolute Gasteiger partial charge is 0.296 e. The number of carbonyl (C=O) groups is 1. The van der Waals surface area contributed by atoms with Crippen LogP contribution in [0, 0.1) is 13.8 Å². The van der Waals surface area contributed by atoms with Gasteiger partial charge < -0.3 is 0 Å². The van der Waals surface area contributed by atoms with Crippen LogP contribution in [0.25, 0.3) is 10.2 Å². The summed E-state index contributed by atoms with van der Waals surface area (Å²) in [5.41, 5.74) is 3.00. The normalized spacial score (nSPS) is 11.0. The van der Waals surface area contributed by atoms with Crippen LogP contribution in [-0.4, -0.2) is 20.7 Å². The number of anilines is 1. The molecule has 0 aliphatic heterocycles. The van der Waals surface area contributed by atoms with Crippen LogP contribution in [0.5, 0.6) is 0 Å². The number of carbonyl (C=O) groups excluding carboxylic acids is 1. The lowest BCUT2D eigenvalue weighted by Crippen LogP contribution is -2.16. The van der Waals surface area contributed by atoms with Gasteiger partial charge >= 0.3 is 0 Å². The Bertz CT molecular complexity index is 852. The van der Waals surface area contributed by atoms with E-state index in [0.717, 1.165) is 15.8 Å². The number of hydrogen-bond acceptors (Lipinski definition) is 4. The van der Waals surface area contributed by atoms with Gasteiger partial charge in [0.05, 0.1) is 20.9 Å². The molecule has 108 valence electrons. The molecule has 5 nitrogen and oxygen atoms in total. The van der Waals surface area contributed by atoms with Gasteiger partial charge in [0.25, 0.3) is 5.91 Å². The summed E-state index contributed by atoms with van der Waals surface area (Å²) in [7, 11) is 1.69. The molecule has 21 heavy (non-hydrogen) atoms. The Kier molecular flexibility index (Phi) is 3.43. The Morgan fingerprint density at radius 3 is 2.81 bits per heavy atom. The number of hydrogen-bond donors (Lipinski definition) is 1. The summed E-state index contributed by atoms with van der Waals surface area (Å²) >= 11 is 7.55. The molecule has 7 heteroatoms. The first-order valence-electron chi connectivity index (χ1n) is 6.33. The standard InChI is InChI=1S/C14H13ClN4OS/c1-7-4-5-9-10(6-7)21-14(16-9)17-13(20)12-11(15)8(2)18-19(12)3/h4-6H,1-3H3,(H,16,17,20). The molecular formula is C14H13ClN4OS. The maximum absolute atomic E-state index is 12.3. The molecule has 0 radical (unpaired) electrons. The number of nitrogens with one attached hydrogen (secondary N) is 1. The Hall–Kier alpha value is -1.92. The fourth-order valence-electron chi connectivity index (χ4n) is 2.12. The van der Waals surface area contributed by atoms with E-state index in [1.165, 1.54) is 16.0 Å². The van der Waals surface area contributed by atoms with Crippen LogP contribution in [-0.2, 0) is 7.05 Å². The third-order valence-electron chi connectivity index (χ3n) is 3.13. The van der Waals surface area contributed by atoms with E-state index >= 15 is 0 Å². The van der Waals surface area contributed by atoms with Crippen LogP contribution in [0.4, 0.5) is 5.13 Å². The third-order valence-corrected chi connectivity index (χ3v) is 4.51. The molecule has 3 aromatic rings. The third kappa shape index (κ3) is 2.52. The van der Waals surface area contributed by atoms with Crippen molar-refractivity contribution in [3.05, 3.63) is 40.2 Å². The van der Waals surface area contributed by atoms with Crippen molar-refractivity contribution in [2.24, 2.45) is 7.05 Å². The van der Waals surface area contributed by atoms with Gasteiger partial charge in [-0.3, -0.25) is 14.8 Å². The second-order valence-corrected chi connectivity index (χ2v) is 6.22. The van der Waals surface area contributed by atoms with Gasteiger partial charge in [-0.1, -0.05) is 29.0 Å². The second-order valence-electron chi connectivity index (χ2n) is 4.82. The van der Waals surface area contributed by atoms with E-state index in [4.69, 9.17) is 11.6 Å². The molecule has 0 spiro atoms. The molecule has 0 aliphatic rings. The predicted octanol–water partition coefficient (Wildman–Crippen LogP) is 3.55. The topological polar surface area (TPSA) is 59.8 Å². The van der Waals surface area contributed by atoms with Crippen molar-refractivity contribution in [1.82, 2.24) is 14.8 Å². The molecule has 0 bridgehead atoms. The first-order chi connectivity index (χ1) is 9.95. The van der Waals surface area contributed by atoms with Gasteiger partial charge in [0, 0.05) is 7.05 Å². The molecule has 1 aromatic carbocycles. The highest BCUT2D eigenvalue weighted by molar-refractivity contribution is 7.22.